The Bertz CT molecular complexity index is 312. The predicted octanol–water partition coefficient (Wildman–Crippen LogP) is 3.03. The lowest BCUT2D eigenvalue weighted by Crippen LogP contribution is -2.55. The van der Waals surface area contributed by atoms with Crippen molar-refractivity contribution in [1.82, 2.24) is 10.2 Å². The van der Waals surface area contributed by atoms with Crippen molar-refractivity contribution in [3.63, 3.8) is 0 Å². The predicted molar refractivity (Wildman–Crippen MR) is 79.2 cm³/mol. The van der Waals surface area contributed by atoms with Crippen molar-refractivity contribution in [3.05, 3.63) is 0 Å². The van der Waals surface area contributed by atoms with Crippen LogP contribution in [-0.4, -0.2) is 36.6 Å². The fourth-order valence-corrected chi connectivity index (χ4v) is 4.81. The molecule has 1 heterocycles. The summed E-state index contributed by atoms with van der Waals surface area (Å²) in [5.74, 6) is 3.12. The molecule has 4 atom stereocenters. The average molecular weight is 262 g/mol. The maximum absolute atomic E-state index is 3.76. The SMILES string of the molecule is C1CCC2CN(C3CCC3CNC3CC3)CCC2C1. The van der Waals surface area contributed by atoms with Gasteiger partial charge in [0.1, 0.15) is 0 Å². The Morgan fingerprint density at radius 1 is 0.842 bits per heavy atom. The second-order valence-corrected chi connectivity index (χ2v) is 7.68. The lowest BCUT2D eigenvalue weighted by molar-refractivity contribution is -0.00258. The summed E-state index contributed by atoms with van der Waals surface area (Å²) in [6, 6.07) is 1.83. The van der Waals surface area contributed by atoms with Crippen LogP contribution in [0.5, 0.6) is 0 Å². The zero-order valence-corrected chi connectivity index (χ0v) is 12.3. The molecule has 4 fully saturated rings. The summed E-state index contributed by atoms with van der Waals surface area (Å²) in [7, 11) is 0. The number of likely N-dealkylation sites (tertiary alicyclic amines) is 1. The summed E-state index contributed by atoms with van der Waals surface area (Å²) < 4.78 is 0. The maximum atomic E-state index is 3.76. The molecular weight excluding hydrogens is 232 g/mol. The largest absolute Gasteiger partial charge is 0.314 e. The number of nitrogens with one attached hydrogen (secondary N) is 1. The van der Waals surface area contributed by atoms with E-state index in [1.165, 1.54) is 77.4 Å². The highest BCUT2D eigenvalue weighted by atomic mass is 15.2. The minimum atomic E-state index is 0.894. The highest BCUT2D eigenvalue weighted by Crippen LogP contribution is 2.40. The minimum Gasteiger partial charge on any atom is -0.314 e. The zero-order chi connectivity index (χ0) is 12.7. The molecular formula is C17H30N2. The molecule has 2 nitrogen and oxygen atoms in total. The van der Waals surface area contributed by atoms with E-state index >= 15 is 0 Å². The van der Waals surface area contributed by atoms with E-state index in [2.05, 4.69) is 10.2 Å². The smallest absolute Gasteiger partial charge is 0.0136 e. The standard InChI is InChI=1S/C17H30N2/c1-2-4-15-12-19(10-9-13(15)3-1)17-8-5-14(17)11-18-16-6-7-16/h13-18H,1-12H2. The third-order valence-electron chi connectivity index (χ3n) is 6.42. The minimum absolute atomic E-state index is 0.894. The van der Waals surface area contributed by atoms with Gasteiger partial charge in [-0.1, -0.05) is 19.3 Å². The first-order valence-electron chi connectivity index (χ1n) is 8.87. The summed E-state index contributed by atoms with van der Waals surface area (Å²) >= 11 is 0. The van der Waals surface area contributed by atoms with Crippen molar-refractivity contribution in [1.29, 1.82) is 0 Å². The van der Waals surface area contributed by atoms with Crippen LogP contribution < -0.4 is 5.32 Å². The molecule has 4 rings (SSSR count). The molecule has 2 heteroatoms. The zero-order valence-electron chi connectivity index (χ0n) is 12.3. The number of piperidine rings is 1. The van der Waals surface area contributed by atoms with Gasteiger partial charge in [0, 0.05) is 18.6 Å². The molecule has 3 saturated carbocycles. The van der Waals surface area contributed by atoms with Crippen LogP contribution in [0.15, 0.2) is 0 Å². The Kier molecular flexibility index (Phi) is 3.57. The van der Waals surface area contributed by atoms with Crippen LogP contribution >= 0.6 is 0 Å². The van der Waals surface area contributed by atoms with E-state index in [1.807, 2.05) is 0 Å². The van der Waals surface area contributed by atoms with Gasteiger partial charge in [-0.05, 0) is 69.4 Å². The Morgan fingerprint density at radius 3 is 2.42 bits per heavy atom. The Labute approximate surface area is 118 Å². The van der Waals surface area contributed by atoms with Crippen LogP contribution in [0, 0.1) is 17.8 Å². The second kappa shape index (κ2) is 5.37. The summed E-state index contributed by atoms with van der Waals surface area (Å²) in [6.07, 6.45) is 13.4. The first-order valence-corrected chi connectivity index (χ1v) is 8.87. The number of nitrogens with zero attached hydrogens (tertiary/aromatic N) is 1. The number of rotatable bonds is 4. The Hall–Kier alpha value is -0.0800. The molecule has 3 aliphatic carbocycles. The monoisotopic (exact) mass is 262 g/mol. The van der Waals surface area contributed by atoms with Gasteiger partial charge in [0.15, 0.2) is 0 Å². The van der Waals surface area contributed by atoms with Gasteiger partial charge in [-0.2, -0.15) is 0 Å². The van der Waals surface area contributed by atoms with Crippen molar-refractivity contribution in [3.8, 4) is 0 Å². The third-order valence-corrected chi connectivity index (χ3v) is 6.42. The highest BCUT2D eigenvalue weighted by Gasteiger charge is 2.40. The molecule has 0 aromatic carbocycles. The van der Waals surface area contributed by atoms with Crippen molar-refractivity contribution in [2.24, 2.45) is 17.8 Å². The van der Waals surface area contributed by atoms with Gasteiger partial charge < -0.3 is 5.32 Å². The number of hydrogen-bond acceptors (Lipinski definition) is 2. The quantitative estimate of drug-likeness (QED) is 0.838. The molecule has 19 heavy (non-hydrogen) atoms. The van der Waals surface area contributed by atoms with Gasteiger partial charge in [-0.25, -0.2) is 0 Å². The van der Waals surface area contributed by atoms with E-state index in [0.29, 0.717) is 0 Å². The summed E-state index contributed by atoms with van der Waals surface area (Å²) in [5.41, 5.74) is 0. The molecule has 4 aliphatic rings. The van der Waals surface area contributed by atoms with Gasteiger partial charge in [0.25, 0.3) is 0 Å². The molecule has 1 aliphatic heterocycles. The lowest BCUT2D eigenvalue weighted by atomic mass is 9.72. The normalized spacial score (nSPS) is 43.6. The van der Waals surface area contributed by atoms with E-state index in [4.69, 9.17) is 0 Å². The van der Waals surface area contributed by atoms with Crippen LogP contribution in [0.3, 0.4) is 0 Å². The van der Waals surface area contributed by atoms with Gasteiger partial charge >= 0.3 is 0 Å². The number of fused-ring (bicyclic) bond motifs is 1. The molecule has 108 valence electrons. The van der Waals surface area contributed by atoms with E-state index in [9.17, 15) is 0 Å². The highest BCUT2D eigenvalue weighted by molar-refractivity contribution is 4.95. The van der Waals surface area contributed by atoms with Gasteiger partial charge in [-0.3, -0.25) is 4.90 Å². The van der Waals surface area contributed by atoms with Crippen LogP contribution in [0.25, 0.3) is 0 Å². The van der Waals surface area contributed by atoms with E-state index in [-0.39, 0.29) is 0 Å². The fraction of sp³-hybridized carbons (Fsp3) is 1.00. The van der Waals surface area contributed by atoms with E-state index in [1.54, 1.807) is 0 Å². The van der Waals surface area contributed by atoms with E-state index in [0.717, 1.165) is 29.8 Å². The third kappa shape index (κ3) is 2.71. The van der Waals surface area contributed by atoms with Crippen LogP contribution in [0.4, 0.5) is 0 Å². The van der Waals surface area contributed by atoms with Gasteiger partial charge in [-0.15, -0.1) is 0 Å². The molecule has 0 spiro atoms. The maximum Gasteiger partial charge on any atom is 0.0136 e. The fourth-order valence-electron chi connectivity index (χ4n) is 4.81. The van der Waals surface area contributed by atoms with Crippen LogP contribution in [-0.2, 0) is 0 Å². The summed E-state index contributed by atoms with van der Waals surface area (Å²) in [6.45, 7) is 4.15. The average Bonchev–Trinajstić information content (AvgIpc) is 3.22. The molecule has 0 amide bonds. The molecule has 0 aromatic heterocycles. The second-order valence-electron chi connectivity index (χ2n) is 7.68. The molecule has 1 saturated heterocycles. The van der Waals surface area contributed by atoms with Crippen molar-refractivity contribution in [2.45, 2.75) is 69.9 Å². The molecule has 4 unspecified atom stereocenters. The van der Waals surface area contributed by atoms with Crippen molar-refractivity contribution < 1.29 is 0 Å². The van der Waals surface area contributed by atoms with Crippen LogP contribution in [0.1, 0.15) is 57.8 Å². The molecule has 0 aromatic rings. The van der Waals surface area contributed by atoms with Crippen molar-refractivity contribution >= 4 is 0 Å². The molecule has 0 bridgehead atoms. The summed E-state index contributed by atoms with van der Waals surface area (Å²) in [4.78, 5) is 2.88. The topological polar surface area (TPSA) is 15.3 Å². The van der Waals surface area contributed by atoms with Crippen LogP contribution in [0.2, 0.25) is 0 Å². The summed E-state index contributed by atoms with van der Waals surface area (Å²) in [5, 5.41) is 3.76. The molecule has 1 N–H and O–H groups in total. The van der Waals surface area contributed by atoms with E-state index < -0.39 is 0 Å². The lowest BCUT2D eigenvalue weighted by Gasteiger charge is -2.50. The van der Waals surface area contributed by atoms with Gasteiger partial charge in [0.05, 0.1) is 0 Å². The first-order chi connectivity index (χ1) is 9.40. The Balaban J connectivity index is 1.29. The first kappa shape index (κ1) is 12.6. The van der Waals surface area contributed by atoms with Crippen molar-refractivity contribution in [2.75, 3.05) is 19.6 Å². The Morgan fingerprint density at radius 2 is 1.68 bits per heavy atom. The van der Waals surface area contributed by atoms with Gasteiger partial charge in [0.2, 0.25) is 0 Å². The molecule has 0 radical (unpaired) electrons. The number of hydrogen-bond donors (Lipinski definition) is 1.